The topological polar surface area (TPSA) is 494 Å². The monoisotopic (exact) mass is 780 g/mol. The Kier molecular flexibility index (Phi) is 25.7. The Hall–Kier alpha value is -1.14. The van der Waals surface area contributed by atoms with Gasteiger partial charge in [0.15, 0.2) is 17.9 Å². The molecule has 288 valence electrons. The zero-order chi connectivity index (χ0) is 38.8. The number of carbonyl (C=O) groups excluding carboxylic acids is 3. The molecule has 0 heterocycles. The van der Waals surface area contributed by atoms with Crippen molar-refractivity contribution in [1.82, 2.24) is 0 Å². The summed E-state index contributed by atoms with van der Waals surface area (Å²) >= 11 is 0. The summed E-state index contributed by atoms with van der Waals surface area (Å²) in [6, 6.07) is 0. The lowest BCUT2D eigenvalue weighted by Gasteiger charge is -2.23. The van der Waals surface area contributed by atoms with Gasteiger partial charge in [-0.1, -0.05) is 0 Å². The number of carbonyl (C=O) groups is 3. The first-order valence-corrected chi connectivity index (χ1v) is 16.8. The van der Waals surface area contributed by atoms with E-state index >= 15 is 0 Å². The molecular weight excluding hydrogens is 741 g/mol. The average Bonchev–Trinajstić information content (AvgIpc) is 3.00. The van der Waals surface area contributed by atoms with Crippen molar-refractivity contribution in [2.75, 3.05) is 33.0 Å². The summed E-state index contributed by atoms with van der Waals surface area (Å²) < 4.78 is 42.1. The lowest BCUT2D eigenvalue weighted by molar-refractivity contribution is -0.143. The van der Waals surface area contributed by atoms with Crippen molar-refractivity contribution >= 4 is 41.3 Å². The van der Waals surface area contributed by atoms with E-state index in [1.807, 2.05) is 0 Å². The first-order valence-electron chi connectivity index (χ1n) is 12.2. The van der Waals surface area contributed by atoms with Crippen LogP contribution in [0.2, 0.25) is 0 Å². The summed E-state index contributed by atoms with van der Waals surface area (Å²) in [5.41, 5.74) is 0. The minimum absolute atomic E-state index is 0.0650. The number of rotatable bonds is 21. The number of aliphatic hydroxyl groups excluding tert-OH is 12. The Morgan fingerprint density at radius 1 is 0.542 bits per heavy atom. The molecule has 0 rings (SSSR count). The van der Waals surface area contributed by atoms with Crippen LogP contribution in [-0.4, -0.2) is 203 Å². The number of aliphatic hydroxyl groups is 12. The van der Waals surface area contributed by atoms with Crippen LogP contribution >= 0.6 is 23.5 Å². The largest absolute Gasteiger partial charge is 0.470 e. The highest BCUT2D eigenvalue weighted by atomic mass is 31.2. The van der Waals surface area contributed by atoms with Crippen LogP contribution in [0.1, 0.15) is 0 Å². The molecule has 0 aromatic heterocycles. The van der Waals surface area contributed by atoms with Gasteiger partial charge in [0.25, 0.3) is 0 Å². The van der Waals surface area contributed by atoms with Gasteiger partial charge in [-0.2, -0.15) is 0 Å². The van der Waals surface area contributed by atoms with Crippen LogP contribution in [0.25, 0.3) is 0 Å². The van der Waals surface area contributed by atoms with E-state index in [1.54, 1.807) is 0 Å². The number of ketones is 2. The lowest BCUT2D eigenvalue weighted by Crippen LogP contribution is -2.46. The molecule has 0 spiro atoms. The van der Waals surface area contributed by atoms with Crippen LogP contribution in [0.4, 0.5) is 0 Å². The fourth-order valence-electron chi connectivity index (χ4n) is 2.29. The van der Waals surface area contributed by atoms with E-state index in [1.165, 1.54) is 0 Å². The smallest absolute Gasteiger partial charge is 0.394 e. The maximum atomic E-state index is 11.0. The highest BCUT2D eigenvalue weighted by Gasteiger charge is 2.33. The van der Waals surface area contributed by atoms with Gasteiger partial charge in [-0.15, -0.1) is 0 Å². The van der Waals surface area contributed by atoms with E-state index in [-0.39, 0.29) is 6.29 Å². The van der Waals surface area contributed by atoms with Gasteiger partial charge in [0.1, 0.15) is 74.3 Å². The molecule has 0 aromatic carbocycles. The molecular formula is C18H39O27P3. The predicted molar refractivity (Wildman–Crippen MR) is 144 cm³/mol. The van der Waals surface area contributed by atoms with Gasteiger partial charge in [-0.05, 0) is 0 Å². The molecule has 48 heavy (non-hydrogen) atoms. The summed E-state index contributed by atoms with van der Waals surface area (Å²) in [7, 11) is -14.5. The zero-order valence-corrected chi connectivity index (χ0v) is 26.6. The number of phosphoric ester groups is 3. The van der Waals surface area contributed by atoms with Gasteiger partial charge in [-0.3, -0.25) is 23.2 Å². The second kappa shape index (κ2) is 24.1. The van der Waals surface area contributed by atoms with Crippen molar-refractivity contribution in [3.05, 3.63) is 0 Å². The van der Waals surface area contributed by atoms with Crippen LogP contribution in [-0.2, 0) is 41.6 Å². The third-order valence-electron chi connectivity index (χ3n) is 4.87. The van der Waals surface area contributed by atoms with Gasteiger partial charge in [0.05, 0.1) is 19.8 Å². The quantitative estimate of drug-likeness (QED) is 0.0380. The molecule has 30 heteroatoms. The van der Waals surface area contributed by atoms with Gasteiger partial charge in [0, 0.05) is 0 Å². The molecule has 0 aromatic rings. The molecule has 0 aliphatic carbocycles. The Bertz CT molecular complexity index is 1070. The summed E-state index contributed by atoms with van der Waals surface area (Å²) in [4.78, 5) is 81.3. The number of aldehydes is 1. The van der Waals surface area contributed by atoms with E-state index in [9.17, 15) is 28.1 Å². The molecule has 0 saturated heterocycles. The lowest BCUT2D eigenvalue weighted by atomic mass is 10.0. The zero-order valence-electron chi connectivity index (χ0n) is 24.0. The Morgan fingerprint density at radius 3 is 1.23 bits per heavy atom. The average molecular weight is 780 g/mol. The van der Waals surface area contributed by atoms with Crippen molar-refractivity contribution in [2.45, 2.75) is 61.0 Å². The van der Waals surface area contributed by atoms with E-state index in [0.29, 0.717) is 0 Å². The van der Waals surface area contributed by atoms with Crippen LogP contribution in [0.5, 0.6) is 0 Å². The molecule has 10 atom stereocenters. The maximum absolute atomic E-state index is 11.0. The first kappa shape index (κ1) is 51.2. The number of hydrogen-bond donors (Lipinski definition) is 18. The minimum atomic E-state index is -4.85. The van der Waals surface area contributed by atoms with Crippen LogP contribution in [0.15, 0.2) is 0 Å². The van der Waals surface area contributed by atoms with E-state index in [0.717, 1.165) is 0 Å². The van der Waals surface area contributed by atoms with Crippen molar-refractivity contribution in [2.24, 2.45) is 0 Å². The van der Waals surface area contributed by atoms with E-state index < -0.39 is 129 Å². The molecule has 18 N–H and O–H groups in total. The second-order valence-electron chi connectivity index (χ2n) is 8.79. The van der Waals surface area contributed by atoms with Crippen LogP contribution in [0.3, 0.4) is 0 Å². The van der Waals surface area contributed by atoms with E-state index in [4.69, 9.17) is 90.6 Å². The summed E-state index contributed by atoms with van der Waals surface area (Å²) in [5, 5.41) is 107. The summed E-state index contributed by atoms with van der Waals surface area (Å²) in [6.45, 7) is -4.98. The van der Waals surface area contributed by atoms with Gasteiger partial charge in [-0.25, -0.2) is 13.7 Å². The third-order valence-corrected chi connectivity index (χ3v) is 6.31. The Balaban J connectivity index is -0.000000633. The van der Waals surface area contributed by atoms with E-state index in [2.05, 4.69) is 13.6 Å². The molecule has 0 bridgehead atoms. The molecule has 0 aliphatic heterocycles. The van der Waals surface area contributed by atoms with Crippen LogP contribution < -0.4 is 0 Å². The van der Waals surface area contributed by atoms with Crippen molar-refractivity contribution in [3.63, 3.8) is 0 Å². The molecule has 27 nitrogen and oxygen atoms in total. The SMILES string of the molecule is O=C(CO)[C@@H](O)[C@H](O)[C@H](O)COP(=O)(O)O.O=C(COP(=O)(O)O)[C@@H](O)[C@H](O)[C@H](O)CO.O=C[C@H](O)[C@@H](O)[C@H](O)[C@H](O)COP(=O)(O)O. The van der Waals surface area contributed by atoms with Gasteiger partial charge < -0.3 is 95.4 Å². The van der Waals surface area contributed by atoms with Crippen molar-refractivity contribution < 1.29 is 132 Å². The number of Topliss-reactive ketones (excluding diaryl/α,β-unsaturated/α-hetero) is 2. The van der Waals surface area contributed by atoms with Gasteiger partial charge in [0.2, 0.25) is 0 Å². The van der Waals surface area contributed by atoms with Gasteiger partial charge >= 0.3 is 23.5 Å². The summed E-state index contributed by atoms with van der Waals surface area (Å²) in [6.07, 6.45) is -19.5. The molecule has 0 aliphatic rings. The molecule has 0 fully saturated rings. The first-order chi connectivity index (χ1) is 21.6. The van der Waals surface area contributed by atoms with Crippen molar-refractivity contribution in [1.29, 1.82) is 0 Å². The maximum Gasteiger partial charge on any atom is 0.470 e. The highest BCUT2D eigenvalue weighted by Crippen LogP contribution is 2.37. The minimum Gasteiger partial charge on any atom is -0.394 e. The molecule has 0 unspecified atom stereocenters. The molecule has 0 saturated carbocycles. The Morgan fingerprint density at radius 2 is 0.896 bits per heavy atom. The van der Waals surface area contributed by atoms with Crippen LogP contribution in [0, 0.1) is 0 Å². The fraction of sp³-hybridized carbons (Fsp3) is 0.833. The standard InChI is InChI=1S/3C6H13O9P/c3*7-1-3(8)5(10)6(11)4(9)2-15-16(12,13)14/h4-7,9-11H,1-2H2,(H2,12,13,14);3,5-8,10-11H,1-2H2,(H2,12,13,14);1,3-6,8-11H,2H2,(H2,12,13,14)/t4-,5-,6-;3-,5-,6-;3-,4+,5+,6+/m110/s1. The Labute approximate surface area is 268 Å². The molecule has 0 amide bonds. The second-order valence-corrected chi connectivity index (χ2v) is 12.5. The predicted octanol–water partition coefficient (Wildman–Crippen LogP) is -9.78. The third kappa shape index (κ3) is 24.9. The summed E-state index contributed by atoms with van der Waals surface area (Å²) in [5.74, 6) is -2.37. The number of hydrogen-bond acceptors (Lipinski definition) is 21. The van der Waals surface area contributed by atoms with Crippen molar-refractivity contribution in [3.8, 4) is 0 Å². The number of phosphoric acid groups is 3. The normalized spacial score (nSPS) is 18.5. The fourth-order valence-corrected chi connectivity index (χ4v) is 3.28. The highest BCUT2D eigenvalue weighted by molar-refractivity contribution is 7.46. The molecule has 0 radical (unpaired) electrons.